The average molecular weight is 371 g/mol. The number of carbonyl (C=O) groups excluding carboxylic acids is 1. The van der Waals surface area contributed by atoms with Crippen molar-refractivity contribution in [2.75, 3.05) is 5.32 Å². The van der Waals surface area contributed by atoms with Gasteiger partial charge in [-0.25, -0.2) is 0 Å². The molecule has 0 unspecified atom stereocenters. The topological polar surface area (TPSA) is 66.1 Å². The van der Waals surface area contributed by atoms with Crippen LogP contribution in [0.3, 0.4) is 0 Å². The molecule has 4 nitrogen and oxygen atoms in total. The van der Waals surface area contributed by atoms with Crippen LogP contribution in [0, 0.1) is 19.3 Å². The molecule has 0 aliphatic carbocycles. The van der Waals surface area contributed by atoms with E-state index in [-0.39, 0.29) is 17.0 Å². The summed E-state index contributed by atoms with van der Waals surface area (Å²) in [5.74, 6) is -0.352. The minimum absolute atomic E-state index is 0.150. The number of halogens is 1. The van der Waals surface area contributed by atoms with Crippen LogP contribution >= 0.6 is 15.9 Å². The Bertz CT molecular complexity index is 976. The second-order valence-electron chi connectivity index (χ2n) is 5.37. The Morgan fingerprint density at radius 1 is 1.17 bits per heavy atom. The van der Waals surface area contributed by atoms with Gasteiger partial charge in [-0.2, -0.15) is 0 Å². The second-order valence-corrected chi connectivity index (χ2v) is 6.29. The van der Waals surface area contributed by atoms with Crippen LogP contribution in [-0.2, 0) is 0 Å². The third-order valence-electron chi connectivity index (χ3n) is 3.83. The van der Waals surface area contributed by atoms with Crippen LogP contribution in [0.2, 0.25) is 0 Å². The number of anilines is 1. The van der Waals surface area contributed by atoms with E-state index in [9.17, 15) is 4.79 Å². The fraction of sp³-hybridized carbons (Fsp3) is 0.111. The van der Waals surface area contributed by atoms with Gasteiger partial charge in [-0.05, 0) is 55.3 Å². The van der Waals surface area contributed by atoms with E-state index in [1.165, 1.54) is 0 Å². The zero-order valence-electron chi connectivity index (χ0n) is 12.7. The van der Waals surface area contributed by atoms with Crippen molar-refractivity contribution in [3.05, 3.63) is 69.2 Å². The molecule has 1 aromatic heterocycles. The van der Waals surface area contributed by atoms with Crippen LogP contribution in [0.25, 0.3) is 11.0 Å². The van der Waals surface area contributed by atoms with E-state index in [1.54, 1.807) is 12.1 Å². The number of benzene rings is 2. The molecule has 1 amide bonds. The highest BCUT2D eigenvalue weighted by molar-refractivity contribution is 9.10. The van der Waals surface area contributed by atoms with Gasteiger partial charge in [0, 0.05) is 15.5 Å². The molecule has 1 heterocycles. The number of carbonyl (C=O) groups is 1. The van der Waals surface area contributed by atoms with Crippen molar-refractivity contribution < 1.29 is 9.21 Å². The largest absolute Gasteiger partial charge is 0.438 e. The maximum Gasteiger partial charge on any atom is 0.261 e. The summed E-state index contributed by atoms with van der Waals surface area (Å²) < 4.78 is 6.33. The molecule has 0 aliphatic rings. The maximum absolute atomic E-state index is 12.5. The lowest BCUT2D eigenvalue weighted by Crippen LogP contribution is -2.21. The second kappa shape index (κ2) is 6.01. The van der Waals surface area contributed by atoms with Gasteiger partial charge in [-0.3, -0.25) is 10.2 Å². The molecule has 0 saturated carbocycles. The molecule has 2 N–H and O–H groups in total. The van der Waals surface area contributed by atoms with Gasteiger partial charge in [-0.1, -0.05) is 28.1 Å². The molecule has 23 heavy (non-hydrogen) atoms. The third-order valence-corrected chi connectivity index (χ3v) is 4.32. The summed E-state index contributed by atoms with van der Waals surface area (Å²) >= 11 is 3.39. The first-order chi connectivity index (χ1) is 11.0. The minimum Gasteiger partial charge on any atom is -0.438 e. The van der Waals surface area contributed by atoms with Gasteiger partial charge in [0.05, 0.1) is 0 Å². The van der Waals surface area contributed by atoms with Crippen LogP contribution in [0.4, 0.5) is 5.69 Å². The van der Waals surface area contributed by atoms with Crippen LogP contribution in [0.5, 0.6) is 0 Å². The van der Waals surface area contributed by atoms with E-state index in [0.29, 0.717) is 5.58 Å². The quantitative estimate of drug-likeness (QED) is 0.694. The monoisotopic (exact) mass is 370 g/mol. The smallest absolute Gasteiger partial charge is 0.261 e. The first-order valence-electron chi connectivity index (χ1n) is 7.11. The van der Waals surface area contributed by atoms with E-state index >= 15 is 0 Å². The molecular formula is C18H15BrN2O2. The van der Waals surface area contributed by atoms with Gasteiger partial charge in [-0.15, -0.1) is 0 Å². The number of rotatable bonds is 2. The van der Waals surface area contributed by atoms with Crippen molar-refractivity contribution in [3.8, 4) is 0 Å². The number of nitrogens with one attached hydrogen (secondary N) is 2. The van der Waals surface area contributed by atoms with Crippen molar-refractivity contribution >= 4 is 38.5 Å². The Labute approximate surface area is 141 Å². The number of aryl methyl sites for hydroxylation is 1. The summed E-state index contributed by atoms with van der Waals surface area (Å²) in [5, 5.41) is 11.6. The predicted molar refractivity (Wildman–Crippen MR) is 93.6 cm³/mol. The van der Waals surface area contributed by atoms with E-state index < -0.39 is 0 Å². The number of hydrogen-bond donors (Lipinski definition) is 2. The Balaban J connectivity index is 2.02. The molecule has 3 aromatic rings. The highest BCUT2D eigenvalue weighted by Gasteiger charge is 2.13. The summed E-state index contributed by atoms with van der Waals surface area (Å²) in [6.45, 7) is 3.94. The van der Waals surface area contributed by atoms with Crippen LogP contribution in [-0.4, -0.2) is 5.91 Å². The summed E-state index contributed by atoms with van der Waals surface area (Å²) in [7, 11) is 0. The lowest BCUT2D eigenvalue weighted by atomic mass is 10.1. The summed E-state index contributed by atoms with van der Waals surface area (Å²) in [5.41, 5.74) is 3.47. The minimum atomic E-state index is -0.352. The molecule has 2 aromatic carbocycles. The Morgan fingerprint density at radius 2 is 1.96 bits per heavy atom. The first-order valence-corrected chi connectivity index (χ1v) is 7.90. The van der Waals surface area contributed by atoms with E-state index in [2.05, 4.69) is 21.2 Å². The zero-order valence-corrected chi connectivity index (χ0v) is 14.3. The molecular weight excluding hydrogens is 356 g/mol. The van der Waals surface area contributed by atoms with Gasteiger partial charge < -0.3 is 9.73 Å². The molecule has 0 atom stereocenters. The standard InChI is InChI=1S/C18H15BrN2O2/c1-10-4-3-5-15(11(10)2)21-18(22)14-9-12-8-13(19)6-7-16(12)23-17(14)20/h3-9,20H,1-2H3,(H,21,22). The molecule has 0 bridgehead atoms. The van der Waals surface area contributed by atoms with Gasteiger partial charge in [0.2, 0.25) is 5.55 Å². The molecule has 0 aliphatic heterocycles. The lowest BCUT2D eigenvalue weighted by molar-refractivity contribution is 0.102. The highest BCUT2D eigenvalue weighted by Crippen LogP contribution is 2.21. The van der Waals surface area contributed by atoms with Crippen molar-refractivity contribution in [1.29, 1.82) is 5.41 Å². The SMILES string of the molecule is Cc1cccc(NC(=O)c2cc3cc(Br)ccc3oc2=N)c1C. The highest BCUT2D eigenvalue weighted by atomic mass is 79.9. The van der Waals surface area contributed by atoms with Crippen molar-refractivity contribution in [2.24, 2.45) is 0 Å². The molecule has 0 fully saturated rings. The van der Waals surface area contributed by atoms with Gasteiger partial charge in [0.15, 0.2) is 0 Å². The van der Waals surface area contributed by atoms with Crippen molar-refractivity contribution in [2.45, 2.75) is 13.8 Å². The first kappa shape index (κ1) is 15.5. The number of fused-ring (bicyclic) bond motifs is 1. The van der Waals surface area contributed by atoms with E-state index in [0.717, 1.165) is 26.7 Å². The molecule has 3 rings (SSSR count). The van der Waals surface area contributed by atoms with Crippen LogP contribution in [0.1, 0.15) is 21.5 Å². The molecule has 5 heteroatoms. The Morgan fingerprint density at radius 3 is 2.74 bits per heavy atom. The zero-order chi connectivity index (χ0) is 16.6. The Hall–Kier alpha value is -2.40. The van der Waals surface area contributed by atoms with Crippen LogP contribution in [0.15, 0.2) is 51.4 Å². The van der Waals surface area contributed by atoms with Gasteiger partial charge in [0.1, 0.15) is 11.1 Å². The molecule has 0 radical (unpaired) electrons. The third kappa shape index (κ3) is 3.05. The van der Waals surface area contributed by atoms with E-state index in [4.69, 9.17) is 9.83 Å². The van der Waals surface area contributed by atoms with E-state index in [1.807, 2.05) is 44.2 Å². The number of amides is 1. The maximum atomic E-state index is 12.5. The van der Waals surface area contributed by atoms with Crippen molar-refractivity contribution in [3.63, 3.8) is 0 Å². The summed E-state index contributed by atoms with van der Waals surface area (Å²) in [4.78, 5) is 12.5. The molecule has 116 valence electrons. The summed E-state index contributed by atoms with van der Waals surface area (Å²) in [6, 6.07) is 12.9. The average Bonchev–Trinajstić information content (AvgIpc) is 2.51. The molecule has 0 spiro atoms. The summed E-state index contributed by atoms with van der Waals surface area (Å²) in [6.07, 6.45) is 0. The fourth-order valence-corrected chi connectivity index (χ4v) is 2.73. The molecule has 0 saturated heterocycles. The van der Waals surface area contributed by atoms with Crippen LogP contribution < -0.4 is 10.9 Å². The Kier molecular flexibility index (Phi) is 4.05. The number of hydrogen-bond acceptors (Lipinski definition) is 3. The predicted octanol–water partition coefficient (Wildman–Crippen LogP) is 4.54. The normalized spacial score (nSPS) is 10.7. The van der Waals surface area contributed by atoms with Gasteiger partial charge >= 0.3 is 0 Å². The fourth-order valence-electron chi connectivity index (χ4n) is 2.36. The lowest BCUT2D eigenvalue weighted by Gasteiger charge is -2.10. The van der Waals surface area contributed by atoms with Crippen molar-refractivity contribution in [1.82, 2.24) is 0 Å². The van der Waals surface area contributed by atoms with Gasteiger partial charge in [0.25, 0.3) is 5.91 Å².